The van der Waals surface area contributed by atoms with Crippen LogP contribution in [0, 0.1) is 0 Å². The van der Waals surface area contributed by atoms with Crippen LogP contribution in [0.25, 0.3) is 10.9 Å². The van der Waals surface area contributed by atoms with Gasteiger partial charge in [-0.05, 0) is 43.0 Å². The maximum Gasteiger partial charge on any atom is 0.328 e. The van der Waals surface area contributed by atoms with Gasteiger partial charge in [-0.25, -0.2) is 4.79 Å². The van der Waals surface area contributed by atoms with Gasteiger partial charge in [0.1, 0.15) is 24.1 Å². The Bertz CT molecular complexity index is 1010. The minimum atomic E-state index is -0.516. The summed E-state index contributed by atoms with van der Waals surface area (Å²) in [4.78, 5) is 29.9. The van der Waals surface area contributed by atoms with E-state index in [9.17, 15) is 9.59 Å². The van der Waals surface area contributed by atoms with E-state index in [2.05, 4.69) is 4.98 Å². The highest BCUT2D eigenvalue weighted by molar-refractivity contribution is 6.00. The van der Waals surface area contributed by atoms with Crippen LogP contribution in [0.2, 0.25) is 0 Å². The number of fused-ring (bicyclic) bond motifs is 1. The molecule has 29 heavy (non-hydrogen) atoms. The topological polar surface area (TPSA) is 71.6 Å². The number of hydrogen-bond acceptors (Lipinski definition) is 4. The van der Waals surface area contributed by atoms with Crippen molar-refractivity contribution in [3.63, 3.8) is 0 Å². The molecular formula is C23H24N2O4. The summed E-state index contributed by atoms with van der Waals surface area (Å²) in [7, 11) is 1.36. The second-order valence-corrected chi connectivity index (χ2v) is 7.24. The molecule has 1 aliphatic heterocycles. The Balaban J connectivity index is 1.52. The van der Waals surface area contributed by atoms with Crippen LogP contribution in [0.3, 0.4) is 0 Å². The lowest BCUT2D eigenvalue weighted by molar-refractivity contribution is -0.147. The van der Waals surface area contributed by atoms with Crippen LogP contribution < -0.4 is 4.74 Å². The fourth-order valence-corrected chi connectivity index (χ4v) is 3.76. The fourth-order valence-electron chi connectivity index (χ4n) is 3.76. The third-order valence-corrected chi connectivity index (χ3v) is 5.31. The van der Waals surface area contributed by atoms with E-state index < -0.39 is 6.04 Å². The molecule has 3 aromatic rings. The summed E-state index contributed by atoms with van der Waals surface area (Å²) in [5.74, 6) is 0.196. The Morgan fingerprint density at radius 2 is 1.93 bits per heavy atom. The number of carbonyl (C=O) groups excluding carboxylic acids is 2. The average molecular weight is 392 g/mol. The summed E-state index contributed by atoms with van der Waals surface area (Å²) in [6.07, 6.45) is 2.44. The van der Waals surface area contributed by atoms with Crippen LogP contribution in [0.4, 0.5) is 0 Å². The second kappa shape index (κ2) is 8.39. The molecule has 150 valence electrons. The zero-order valence-corrected chi connectivity index (χ0v) is 16.4. The lowest BCUT2D eigenvalue weighted by atomic mass is 10.0. The van der Waals surface area contributed by atoms with E-state index in [0.717, 1.165) is 35.1 Å². The summed E-state index contributed by atoms with van der Waals surface area (Å²) >= 11 is 0. The van der Waals surface area contributed by atoms with E-state index in [1.807, 2.05) is 54.6 Å². The normalized spacial score (nSPS) is 16.6. The van der Waals surface area contributed by atoms with Crippen molar-refractivity contribution in [2.24, 2.45) is 0 Å². The molecule has 2 aromatic carbocycles. The number of H-pyrrole nitrogens is 1. The van der Waals surface area contributed by atoms with Gasteiger partial charge in [0.05, 0.1) is 7.11 Å². The van der Waals surface area contributed by atoms with Gasteiger partial charge in [-0.15, -0.1) is 0 Å². The standard InChI is InChI=1S/C23H24N2O4/c1-28-23(27)21-9-5-6-12-25(21)22(26)20-13-17-10-11-18(14-19(17)24-20)29-15-16-7-3-2-4-8-16/h2-4,7-8,10-11,13-14,21,24H,5-6,9,12,15H2,1H3. The predicted molar refractivity (Wildman–Crippen MR) is 110 cm³/mol. The van der Waals surface area contributed by atoms with Gasteiger partial charge in [0.2, 0.25) is 0 Å². The Hall–Kier alpha value is -3.28. The molecule has 6 heteroatoms. The number of rotatable bonds is 5. The first-order valence-corrected chi connectivity index (χ1v) is 9.84. The van der Waals surface area contributed by atoms with Crippen molar-refractivity contribution in [3.05, 3.63) is 65.9 Å². The molecule has 4 rings (SSSR count). The van der Waals surface area contributed by atoms with E-state index in [-0.39, 0.29) is 11.9 Å². The lowest BCUT2D eigenvalue weighted by Gasteiger charge is -2.33. The van der Waals surface area contributed by atoms with E-state index in [1.54, 1.807) is 4.90 Å². The number of nitrogens with one attached hydrogen (secondary N) is 1. The minimum Gasteiger partial charge on any atom is -0.489 e. The van der Waals surface area contributed by atoms with Crippen molar-refractivity contribution in [3.8, 4) is 5.75 Å². The summed E-state index contributed by atoms with van der Waals surface area (Å²) in [5, 5.41) is 0.923. The molecule has 1 amide bonds. The summed E-state index contributed by atoms with van der Waals surface area (Å²) < 4.78 is 10.8. The highest BCUT2D eigenvalue weighted by Gasteiger charge is 2.33. The number of aromatic amines is 1. The molecule has 1 atom stereocenters. The van der Waals surface area contributed by atoms with Crippen molar-refractivity contribution < 1.29 is 19.1 Å². The van der Waals surface area contributed by atoms with Crippen molar-refractivity contribution in [2.75, 3.05) is 13.7 Å². The molecule has 1 unspecified atom stereocenters. The van der Waals surface area contributed by atoms with Gasteiger partial charge in [0, 0.05) is 23.5 Å². The van der Waals surface area contributed by atoms with E-state index in [0.29, 0.717) is 25.3 Å². The zero-order valence-electron chi connectivity index (χ0n) is 16.4. The number of nitrogens with zero attached hydrogens (tertiary/aromatic N) is 1. The second-order valence-electron chi connectivity index (χ2n) is 7.24. The van der Waals surface area contributed by atoms with Crippen LogP contribution in [-0.2, 0) is 16.1 Å². The number of ether oxygens (including phenoxy) is 2. The van der Waals surface area contributed by atoms with Crippen molar-refractivity contribution in [1.29, 1.82) is 0 Å². The highest BCUT2D eigenvalue weighted by atomic mass is 16.5. The third-order valence-electron chi connectivity index (χ3n) is 5.31. The van der Waals surface area contributed by atoms with Crippen molar-refractivity contribution in [1.82, 2.24) is 9.88 Å². The van der Waals surface area contributed by atoms with Gasteiger partial charge >= 0.3 is 5.97 Å². The fraction of sp³-hybridized carbons (Fsp3) is 0.304. The minimum absolute atomic E-state index is 0.178. The number of carbonyl (C=O) groups is 2. The largest absolute Gasteiger partial charge is 0.489 e. The van der Waals surface area contributed by atoms with Crippen LogP contribution in [0.1, 0.15) is 35.3 Å². The van der Waals surface area contributed by atoms with E-state index in [4.69, 9.17) is 9.47 Å². The smallest absolute Gasteiger partial charge is 0.328 e. The van der Waals surface area contributed by atoms with E-state index in [1.165, 1.54) is 7.11 Å². The van der Waals surface area contributed by atoms with Crippen LogP contribution in [-0.4, -0.2) is 41.5 Å². The molecule has 0 bridgehead atoms. The highest BCUT2D eigenvalue weighted by Crippen LogP contribution is 2.25. The number of methoxy groups -OCH3 is 1. The van der Waals surface area contributed by atoms with Crippen LogP contribution in [0.5, 0.6) is 5.75 Å². The average Bonchev–Trinajstić information content (AvgIpc) is 3.21. The Morgan fingerprint density at radius 3 is 2.72 bits per heavy atom. The van der Waals surface area contributed by atoms with Crippen LogP contribution >= 0.6 is 0 Å². The number of aromatic nitrogens is 1. The number of benzene rings is 2. The number of hydrogen-bond donors (Lipinski definition) is 1. The van der Waals surface area contributed by atoms with Gasteiger partial charge < -0.3 is 19.4 Å². The number of esters is 1. The molecule has 1 N–H and O–H groups in total. The van der Waals surface area contributed by atoms with Crippen LogP contribution in [0.15, 0.2) is 54.6 Å². The quantitative estimate of drug-likeness (QED) is 0.668. The molecule has 0 spiro atoms. The third kappa shape index (κ3) is 4.11. The predicted octanol–water partition coefficient (Wildman–Crippen LogP) is 3.91. The van der Waals surface area contributed by atoms with Gasteiger partial charge in [0.25, 0.3) is 5.91 Å². The van der Waals surface area contributed by atoms with Crippen molar-refractivity contribution >= 4 is 22.8 Å². The van der Waals surface area contributed by atoms with Gasteiger partial charge in [-0.3, -0.25) is 4.79 Å². The Labute approximate surface area is 169 Å². The summed E-state index contributed by atoms with van der Waals surface area (Å²) in [5.41, 5.74) is 2.38. The SMILES string of the molecule is COC(=O)C1CCCCN1C(=O)c1cc2ccc(OCc3ccccc3)cc2[nH]1. The number of amides is 1. The summed E-state index contributed by atoms with van der Waals surface area (Å²) in [6, 6.07) is 17.0. The van der Waals surface area contributed by atoms with Gasteiger partial charge in [-0.1, -0.05) is 30.3 Å². The Kier molecular flexibility index (Phi) is 5.51. The first-order chi connectivity index (χ1) is 14.2. The molecule has 1 aliphatic rings. The van der Waals surface area contributed by atoms with E-state index >= 15 is 0 Å². The Morgan fingerprint density at radius 1 is 1.10 bits per heavy atom. The first-order valence-electron chi connectivity index (χ1n) is 9.84. The first kappa shape index (κ1) is 19.1. The maximum atomic E-state index is 13.1. The number of piperidine rings is 1. The molecule has 2 heterocycles. The molecule has 6 nitrogen and oxygen atoms in total. The molecule has 0 aliphatic carbocycles. The summed E-state index contributed by atoms with van der Waals surface area (Å²) in [6.45, 7) is 1.03. The zero-order chi connectivity index (χ0) is 20.2. The molecule has 0 saturated carbocycles. The van der Waals surface area contributed by atoms with Crippen molar-refractivity contribution in [2.45, 2.75) is 31.9 Å². The maximum absolute atomic E-state index is 13.1. The molecule has 0 radical (unpaired) electrons. The monoisotopic (exact) mass is 392 g/mol. The van der Waals surface area contributed by atoms with Gasteiger partial charge in [-0.2, -0.15) is 0 Å². The molecular weight excluding hydrogens is 368 g/mol. The number of likely N-dealkylation sites (tertiary alicyclic amines) is 1. The molecule has 1 aromatic heterocycles. The molecule has 1 saturated heterocycles. The molecule has 1 fully saturated rings. The van der Waals surface area contributed by atoms with Gasteiger partial charge in [0.15, 0.2) is 0 Å². The lowest BCUT2D eigenvalue weighted by Crippen LogP contribution is -2.48.